The zero-order valence-electron chi connectivity index (χ0n) is 19.6. The summed E-state index contributed by atoms with van der Waals surface area (Å²) in [6.07, 6.45) is 3.40. The van der Waals surface area contributed by atoms with Gasteiger partial charge in [0.2, 0.25) is 0 Å². The van der Waals surface area contributed by atoms with Crippen LogP contribution in [0.5, 0.6) is 0 Å². The summed E-state index contributed by atoms with van der Waals surface area (Å²) in [5, 5.41) is 32.1. The highest BCUT2D eigenvalue weighted by Gasteiger charge is 2.22. The maximum Gasteiger partial charge on any atom is 0.101 e. The largest absolute Gasteiger partial charge is 0.306 e. The van der Waals surface area contributed by atoms with E-state index in [0.29, 0.717) is 16.7 Å². The van der Waals surface area contributed by atoms with Crippen molar-refractivity contribution in [3.8, 4) is 46.1 Å². The Morgan fingerprint density at radius 1 is 0.541 bits per heavy atom. The highest BCUT2D eigenvalue weighted by atomic mass is 15.0. The van der Waals surface area contributed by atoms with Crippen LogP contribution in [0, 0.1) is 34.0 Å². The smallest absolute Gasteiger partial charge is 0.101 e. The van der Waals surface area contributed by atoms with E-state index in [4.69, 9.17) is 0 Å². The average Bonchev–Trinajstić information content (AvgIpc) is 3.32. The number of para-hydroxylation sites is 2. The van der Waals surface area contributed by atoms with E-state index < -0.39 is 0 Å². The van der Waals surface area contributed by atoms with Gasteiger partial charge in [-0.25, -0.2) is 0 Å². The van der Waals surface area contributed by atoms with E-state index in [1.54, 1.807) is 24.5 Å². The Morgan fingerprint density at radius 3 is 1.68 bits per heavy atom. The lowest BCUT2D eigenvalue weighted by Gasteiger charge is -2.18. The Morgan fingerprint density at radius 2 is 1.11 bits per heavy atom. The molecule has 6 aromatic rings. The molecule has 0 saturated carbocycles. The van der Waals surface area contributed by atoms with E-state index in [2.05, 4.69) is 23.2 Å². The summed E-state index contributed by atoms with van der Waals surface area (Å²) in [5.41, 5.74) is 7.13. The van der Waals surface area contributed by atoms with Crippen LogP contribution < -0.4 is 0 Å². The van der Waals surface area contributed by atoms with Crippen LogP contribution in [0.25, 0.3) is 49.7 Å². The van der Waals surface area contributed by atoms with Crippen LogP contribution in [0.1, 0.15) is 16.7 Å². The van der Waals surface area contributed by atoms with E-state index in [-0.39, 0.29) is 0 Å². The maximum absolute atomic E-state index is 10.1. The number of pyridine rings is 1. The molecule has 0 aliphatic rings. The average molecular weight is 472 g/mol. The lowest BCUT2D eigenvalue weighted by atomic mass is 9.93. The SMILES string of the molecule is N#Cc1cc(-c2ccccc2)c(-n2c3c(C#N)cccc3c3cccc(C#N)c32)cc1-c1ccncc1. The second-order valence-electron chi connectivity index (χ2n) is 8.59. The summed E-state index contributed by atoms with van der Waals surface area (Å²) >= 11 is 0. The molecule has 4 aromatic carbocycles. The molecule has 2 heterocycles. The number of nitrogens with zero attached hydrogens (tertiary/aromatic N) is 5. The molecule has 0 radical (unpaired) electrons. The van der Waals surface area contributed by atoms with E-state index >= 15 is 0 Å². The highest BCUT2D eigenvalue weighted by molar-refractivity contribution is 6.13. The van der Waals surface area contributed by atoms with Crippen molar-refractivity contribution in [3.63, 3.8) is 0 Å². The van der Waals surface area contributed by atoms with Gasteiger partial charge in [-0.2, -0.15) is 15.8 Å². The molecule has 0 spiro atoms. The van der Waals surface area contributed by atoms with Gasteiger partial charge in [0.1, 0.15) is 12.1 Å². The first kappa shape index (κ1) is 21.8. The van der Waals surface area contributed by atoms with Gasteiger partial charge in [0, 0.05) is 34.3 Å². The standard InChI is InChI=1S/C32H17N5/c33-18-23-8-4-10-26-27-11-5-9-24(19-34)32(27)37(31(23)26)30-17-28(22-12-14-36-15-13-22)25(20-35)16-29(30)21-6-2-1-3-7-21/h1-17H. The minimum Gasteiger partial charge on any atom is -0.306 e. The molecule has 170 valence electrons. The van der Waals surface area contributed by atoms with Crippen molar-refractivity contribution >= 4 is 21.8 Å². The normalized spacial score (nSPS) is 10.6. The Labute approximate surface area is 213 Å². The quantitative estimate of drug-likeness (QED) is 0.275. The molecule has 5 heteroatoms. The Hall–Kier alpha value is -5.70. The van der Waals surface area contributed by atoms with E-state index in [0.717, 1.165) is 49.7 Å². The predicted octanol–water partition coefficient (Wildman–Crippen LogP) is 7.13. The molecule has 0 aliphatic heterocycles. The number of rotatable bonds is 3. The van der Waals surface area contributed by atoms with Crippen molar-refractivity contribution in [3.05, 3.63) is 120 Å². The molecule has 0 fully saturated rings. The van der Waals surface area contributed by atoms with Crippen molar-refractivity contribution in [2.45, 2.75) is 0 Å². The summed E-state index contributed by atoms with van der Waals surface area (Å²) < 4.78 is 2.01. The molecule has 0 amide bonds. The summed E-state index contributed by atoms with van der Waals surface area (Å²) in [6.45, 7) is 0. The summed E-state index contributed by atoms with van der Waals surface area (Å²) in [7, 11) is 0. The van der Waals surface area contributed by atoms with Crippen molar-refractivity contribution in [1.29, 1.82) is 15.8 Å². The molecular formula is C32H17N5. The van der Waals surface area contributed by atoms with Gasteiger partial charge in [-0.1, -0.05) is 54.6 Å². The van der Waals surface area contributed by atoms with Crippen molar-refractivity contribution < 1.29 is 0 Å². The fourth-order valence-electron chi connectivity index (χ4n) is 5.02. The van der Waals surface area contributed by atoms with Crippen molar-refractivity contribution in [1.82, 2.24) is 9.55 Å². The topological polar surface area (TPSA) is 89.2 Å². The van der Waals surface area contributed by atoms with Crippen LogP contribution in [0.2, 0.25) is 0 Å². The maximum atomic E-state index is 10.1. The van der Waals surface area contributed by atoms with Gasteiger partial charge >= 0.3 is 0 Å². The number of hydrogen-bond donors (Lipinski definition) is 0. The molecule has 0 saturated heterocycles. The van der Waals surface area contributed by atoms with Gasteiger partial charge in [0.25, 0.3) is 0 Å². The molecule has 0 atom stereocenters. The van der Waals surface area contributed by atoms with E-state index in [1.165, 1.54) is 0 Å². The van der Waals surface area contributed by atoms with Gasteiger partial charge in [-0.3, -0.25) is 4.98 Å². The molecule has 0 unspecified atom stereocenters. The van der Waals surface area contributed by atoms with Crippen molar-refractivity contribution in [2.24, 2.45) is 0 Å². The number of benzene rings is 4. The summed E-state index contributed by atoms with van der Waals surface area (Å²) in [4.78, 5) is 4.13. The highest BCUT2D eigenvalue weighted by Crippen LogP contribution is 2.41. The van der Waals surface area contributed by atoms with Crippen LogP contribution in [-0.2, 0) is 0 Å². The first-order chi connectivity index (χ1) is 18.2. The minimum absolute atomic E-state index is 0.506. The number of aromatic nitrogens is 2. The van der Waals surface area contributed by atoms with Crippen LogP contribution in [0.15, 0.2) is 103 Å². The molecule has 6 rings (SSSR count). The Balaban J connectivity index is 1.86. The molecule has 37 heavy (non-hydrogen) atoms. The summed E-state index contributed by atoms with van der Waals surface area (Å²) in [6, 6.07) is 35.8. The Bertz CT molecular complexity index is 1880. The molecule has 2 aromatic heterocycles. The van der Waals surface area contributed by atoms with Crippen LogP contribution in [0.4, 0.5) is 0 Å². The number of hydrogen-bond acceptors (Lipinski definition) is 4. The minimum atomic E-state index is 0.506. The van der Waals surface area contributed by atoms with Gasteiger partial charge in [-0.05, 0) is 47.5 Å². The zero-order chi connectivity index (χ0) is 25.4. The molecule has 0 N–H and O–H groups in total. The Kier molecular flexibility index (Phi) is 5.20. The second-order valence-corrected chi connectivity index (χ2v) is 8.59. The fraction of sp³-hybridized carbons (Fsp3) is 0. The predicted molar refractivity (Wildman–Crippen MR) is 144 cm³/mol. The molecule has 0 aliphatic carbocycles. The fourth-order valence-corrected chi connectivity index (χ4v) is 5.02. The van der Waals surface area contributed by atoms with Crippen molar-refractivity contribution in [2.75, 3.05) is 0 Å². The lowest BCUT2D eigenvalue weighted by molar-refractivity contribution is 1.17. The number of fused-ring (bicyclic) bond motifs is 3. The third-order valence-corrected chi connectivity index (χ3v) is 6.62. The number of nitriles is 3. The van der Waals surface area contributed by atoms with Crippen LogP contribution >= 0.6 is 0 Å². The molecular weight excluding hydrogens is 454 g/mol. The van der Waals surface area contributed by atoms with Gasteiger partial charge < -0.3 is 4.57 Å². The molecule has 5 nitrogen and oxygen atoms in total. The first-order valence-electron chi connectivity index (χ1n) is 11.7. The van der Waals surface area contributed by atoms with Crippen LogP contribution in [-0.4, -0.2) is 9.55 Å². The summed E-state index contributed by atoms with van der Waals surface area (Å²) in [5.74, 6) is 0. The van der Waals surface area contributed by atoms with Gasteiger partial charge in [-0.15, -0.1) is 0 Å². The third-order valence-electron chi connectivity index (χ3n) is 6.62. The van der Waals surface area contributed by atoms with E-state index in [9.17, 15) is 15.8 Å². The van der Waals surface area contributed by atoms with E-state index in [1.807, 2.05) is 83.4 Å². The monoisotopic (exact) mass is 471 g/mol. The second kappa shape index (κ2) is 8.82. The van der Waals surface area contributed by atoms with Gasteiger partial charge in [0.05, 0.1) is 39.5 Å². The van der Waals surface area contributed by atoms with Gasteiger partial charge in [0.15, 0.2) is 0 Å². The molecule has 0 bridgehead atoms. The first-order valence-corrected chi connectivity index (χ1v) is 11.7. The lowest BCUT2D eigenvalue weighted by Crippen LogP contribution is -2.02. The zero-order valence-corrected chi connectivity index (χ0v) is 19.6. The third kappa shape index (κ3) is 3.41. The van der Waals surface area contributed by atoms with Crippen LogP contribution in [0.3, 0.4) is 0 Å².